The molecule has 31 heavy (non-hydrogen) atoms. The second kappa shape index (κ2) is 10.0. The van der Waals surface area contributed by atoms with Gasteiger partial charge in [0.15, 0.2) is 0 Å². The molecular weight excluding hydrogens is 636 g/mol. The number of hydrogen-bond donors (Lipinski definition) is 0. The molecule has 0 unspecified atom stereocenters. The molecule has 0 saturated heterocycles. The molecule has 0 aliphatic heterocycles. The van der Waals surface area contributed by atoms with Crippen LogP contribution in [0.15, 0.2) is 72.6 Å². The van der Waals surface area contributed by atoms with Gasteiger partial charge in [-0.2, -0.15) is 5.26 Å². The van der Waals surface area contributed by atoms with Gasteiger partial charge in [-0.25, -0.2) is 4.98 Å². The first kappa shape index (κ1) is 22.1. The van der Waals surface area contributed by atoms with Crippen molar-refractivity contribution in [1.29, 1.82) is 5.26 Å². The van der Waals surface area contributed by atoms with E-state index in [9.17, 15) is 5.26 Å². The van der Waals surface area contributed by atoms with E-state index in [0.717, 1.165) is 35.1 Å². The molecule has 0 fully saturated rings. The molecule has 4 nitrogen and oxygen atoms in total. The van der Waals surface area contributed by atoms with Crippen LogP contribution < -0.4 is 4.74 Å². The fourth-order valence-electron chi connectivity index (χ4n) is 3.20. The number of nitriles is 1. The average molecular weight is 652 g/mol. The topological polar surface area (TPSA) is 50.8 Å². The Hall–Kier alpha value is -2.09. The molecule has 0 bridgehead atoms. The summed E-state index contributed by atoms with van der Waals surface area (Å²) < 4.78 is 10.0. The van der Waals surface area contributed by atoms with E-state index in [1.54, 1.807) is 6.33 Å². The molecule has 0 N–H and O–H groups in total. The van der Waals surface area contributed by atoms with Gasteiger partial charge in [-0.3, -0.25) is 0 Å². The highest BCUT2D eigenvalue weighted by Crippen LogP contribution is 2.31. The number of nitrogens with zero attached hydrogens (tertiary/aromatic N) is 3. The average Bonchev–Trinajstić information content (AvgIpc) is 3.17. The summed E-state index contributed by atoms with van der Waals surface area (Å²) >= 11 is 10.8. The van der Waals surface area contributed by atoms with E-state index < -0.39 is 0 Å². The Bertz CT molecular complexity index is 1300. The summed E-state index contributed by atoms with van der Waals surface area (Å²) in [4.78, 5) is 4.40. The van der Waals surface area contributed by atoms with Crippen LogP contribution in [0.5, 0.6) is 5.75 Å². The largest absolute Gasteiger partial charge is 0.487 e. The lowest BCUT2D eigenvalue weighted by molar-refractivity contribution is 0.302. The van der Waals surface area contributed by atoms with E-state index in [1.807, 2.05) is 71.3 Å². The van der Waals surface area contributed by atoms with E-state index in [2.05, 4.69) is 56.2 Å². The Labute approximate surface area is 212 Å². The minimum atomic E-state index is 0.401. The van der Waals surface area contributed by atoms with Crippen LogP contribution in [0, 0.1) is 18.5 Å². The Kier molecular flexibility index (Phi) is 7.15. The molecule has 4 aromatic rings. The molecule has 1 heterocycles. The van der Waals surface area contributed by atoms with Crippen molar-refractivity contribution in [3.05, 3.63) is 95.9 Å². The van der Waals surface area contributed by atoms with E-state index >= 15 is 0 Å². The second-order valence-corrected chi connectivity index (χ2v) is 9.57. The van der Waals surface area contributed by atoms with Crippen molar-refractivity contribution >= 4 is 73.9 Å². The van der Waals surface area contributed by atoms with Gasteiger partial charge in [0.25, 0.3) is 0 Å². The number of halogens is 3. The van der Waals surface area contributed by atoms with Crippen LogP contribution in [0.1, 0.15) is 11.1 Å². The Balaban J connectivity index is 1.55. The van der Waals surface area contributed by atoms with E-state index in [0.29, 0.717) is 23.7 Å². The zero-order chi connectivity index (χ0) is 21.8. The number of ether oxygens (including phenoxy) is 1. The minimum absolute atomic E-state index is 0.401. The molecule has 1 aromatic heterocycles. The molecule has 154 valence electrons. The summed E-state index contributed by atoms with van der Waals surface area (Å²) in [5.74, 6) is 0.817. The third kappa shape index (κ3) is 5.22. The van der Waals surface area contributed by atoms with Crippen molar-refractivity contribution in [1.82, 2.24) is 9.55 Å². The molecule has 0 aliphatic rings. The molecule has 3 aromatic carbocycles. The maximum atomic E-state index is 9.69. The number of hydrogen-bond acceptors (Lipinski definition) is 3. The van der Waals surface area contributed by atoms with Crippen molar-refractivity contribution in [2.75, 3.05) is 0 Å². The van der Waals surface area contributed by atoms with Crippen molar-refractivity contribution in [2.24, 2.45) is 0 Å². The standard InChI is InChI=1S/C24H16ClI2N3O/c25-19-6-2-1-5-18(19)14-31-24-20(26)10-16(11-21(24)27)9-17(12-28)13-30-15-29-22-7-3-4-8-23(22)30/h1-11,15H,13-14H2/b17-9-. The van der Waals surface area contributed by atoms with E-state index in [1.165, 1.54) is 0 Å². The SMILES string of the molecule is N#C/C(=C/c1cc(I)c(OCc2ccccc2Cl)c(I)c1)Cn1cnc2ccccc21. The van der Waals surface area contributed by atoms with Crippen LogP contribution in [0.3, 0.4) is 0 Å². The number of benzene rings is 3. The number of para-hydroxylation sites is 2. The number of rotatable bonds is 6. The van der Waals surface area contributed by atoms with Gasteiger partial charge in [0, 0.05) is 16.2 Å². The maximum Gasteiger partial charge on any atom is 0.146 e. The molecule has 0 atom stereocenters. The van der Waals surface area contributed by atoms with E-state index in [-0.39, 0.29) is 0 Å². The zero-order valence-corrected chi connectivity index (χ0v) is 21.3. The summed E-state index contributed by atoms with van der Waals surface area (Å²) in [6, 6.07) is 21.9. The second-order valence-electron chi connectivity index (χ2n) is 6.84. The van der Waals surface area contributed by atoms with Crippen LogP contribution in [-0.2, 0) is 13.2 Å². The third-order valence-corrected chi connectivity index (χ3v) is 6.67. The van der Waals surface area contributed by atoms with Gasteiger partial charge in [-0.1, -0.05) is 41.9 Å². The van der Waals surface area contributed by atoms with Crippen LogP contribution >= 0.6 is 56.8 Å². The zero-order valence-electron chi connectivity index (χ0n) is 16.2. The monoisotopic (exact) mass is 651 g/mol. The van der Waals surface area contributed by atoms with Crippen molar-refractivity contribution in [3.63, 3.8) is 0 Å². The van der Waals surface area contributed by atoms with Gasteiger partial charge in [-0.15, -0.1) is 0 Å². The normalized spacial score (nSPS) is 11.5. The first-order chi connectivity index (χ1) is 15.0. The predicted molar refractivity (Wildman–Crippen MR) is 141 cm³/mol. The molecule has 0 spiro atoms. The van der Waals surface area contributed by atoms with Crippen LogP contribution in [0.25, 0.3) is 17.1 Å². The molecule has 7 heteroatoms. The summed E-state index contributed by atoms with van der Waals surface area (Å²) in [6.07, 6.45) is 3.69. The molecule has 0 radical (unpaired) electrons. The van der Waals surface area contributed by atoms with Crippen LogP contribution in [0.2, 0.25) is 5.02 Å². The van der Waals surface area contributed by atoms with Crippen LogP contribution in [-0.4, -0.2) is 9.55 Å². The van der Waals surface area contributed by atoms with Gasteiger partial charge >= 0.3 is 0 Å². The van der Waals surface area contributed by atoms with Crippen molar-refractivity contribution in [3.8, 4) is 11.8 Å². The van der Waals surface area contributed by atoms with E-state index in [4.69, 9.17) is 16.3 Å². The molecule has 0 saturated carbocycles. The van der Waals surface area contributed by atoms with Gasteiger partial charge in [0.1, 0.15) is 12.4 Å². The minimum Gasteiger partial charge on any atom is -0.487 e. The van der Waals surface area contributed by atoms with Crippen molar-refractivity contribution in [2.45, 2.75) is 13.2 Å². The number of fused-ring (bicyclic) bond motifs is 1. The lowest BCUT2D eigenvalue weighted by atomic mass is 10.1. The molecule has 0 amide bonds. The fourth-order valence-corrected chi connectivity index (χ4v) is 5.52. The summed E-state index contributed by atoms with van der Waals surface area (Å²) in [7, 11) is 0. The number of allylic oxidation sites excluding steroid dienone is 1. The Morgan fingerprint density at radius 2 is 1.81 bits per heavy atom. The Morgan fingerprint density at radius 3 is 2.55 bits per heavy atom. The maximum absolute atomic E-state index is 9.69. The smallest absolute Gasteiger partial charge is 0.146 e. The Morgan fingerprint density at radius 1 is 1.10 bits per heavy atom. The number of imidazole rings is 1. The lowest BCUT2D eigenvalue weighted by Gasteiger charge is -2.12. The lowest BCUT2D eigenvalue weighted by Crippen LogP contribution is -2.01. The van der Waals surface area contributed by atoms with Gasteiger partial charge in [0.05, 0.1) is 37.1 Å². The molecule has 0 aliphatic carbocycles. The van der Waals surface area contributed by atoms with Crippen LogP contribution in [0.4, 0.5) is 0 Å². The third-order valence-electron chi connectivity index (χ3n) is 4.70. The van der Waals surface area contributed by atoms with Gasteiger partial charge in [0.2, 0.25) is 0 Å². The highest BCUT2D eigenvalue weighted by Gasteiger charge is 2.11. The summed E-state index contributed by atoms with van der Waals surface area (Å²) in [5.41, 5.74) is 4.48. The number of aromatic nitrogens is 2. The fraction of sp³-hybridized carbons (Fsp3) is 0.0833. The van der Waals surface area contributed by atoms with Crippen molar-refractivity contribution < 1.29 is 4.74 Å². The highest BCUT2D eigenvalue weighted by molar-refractivity contribution is 14.1. The molecule has 4 rings (SSSR count). The van der Waals surface area contributed by atoms with Gasteiger partial charge in [-0.05, 0) is 87.2 Å². The first-order valence-electron chi connectivity index (χ1n) is 9.41. The van der Waals surface area contributed by atoms with Gasteiger partial charge < -0.3 is 9.30 Å². The first-order valence-corrected chi connectivity index (χ1v) is 11.9. The summed E-state index contributed by atoms with van der Waals surface area (Å²) in [6.45, 7) is 0.868. The predicted octanol–water partition coefficient (Wildman–Crippen LogP) is 7.09. The summed E-state index contributed by atoms with van der Waals surface area (Å²) in [5, 5.41) is 10.4. The highest BCUT2D eigenvalue weighted by atomic mass is 127. The molecular formula is C24H16ClI2N3O. The quantitative estimate of drug-likeness (QED) is 0.165.